The molecular weight excluding hydrogens is 298 g/mol. The average molecular weight is 320 g/mol. The van der Waals surface area contributed by atoms with Crippen LogP contribution < -0.4 is 0 Å². The molecule has 4 N–H and O–H groups in total. The molecule has 10 heteroatoms. The molecule has 0 radical (unpaired) electrons. The molecule has 0 aliphatic heterocycles. The molecule has 0 saturated heterocycles. The first-order chi connectivity index (χ1) is 8.64. The molecule has 0 aliphatic carbocycles. The Morgan fingerprint density at radius 1 is 0.842 bits per heavy atom. The normalized spacial score (nSPS) is 13.2. The van der Waals surface area contributed by atoms with Crippen molar-refractivity contribution in [3.05, 3.63) is 0 Å². The van der Waals surface area contributed by atoms with Gasteiger partial charge >= 0.3 is 15.6 Å². The molecule has 0 spiro atoms. The van der Waals surface area contributed by atoms with Gasteiger partial charge in [0, 0.05) is 0 Å². The van der Waals surface area contributed by atoms with Crippen molar-refractivity contribution in [2.24, 2.45) is 0 Å². The van der Waals surface area contributed by atoms with Gasteiger partial charge in [-0.3, -0.25) is 9.05 Å². The zero-order chi connectivity index (χ0) is 14.9. The van der Waals surface area contributed by atoms with Gasteiger partial charge in [0.25, 0.3) is 0 Å². The van der Waals surface area contributed by atoms with Gasteiger partial charge in [-0.2, -0.15) is 0 Å². The molecular formula is C9H22O8P2. The molecule has 0 aromatic carbocycles. The summed E-state index contributed by atoms with van der Waals surface area (Å²) in [6.07, 6.45) is 3.93. The molecule has 0 aromatic rings. The SMILES string of the molecule is CCCCCCCCC(OP(=O)(O)O)OP(=O)(O)O. The molecule has 8 nitrogen and oxygen atoms in total. The van der Waals surface area contributed by atoms with Crippen molar-refractivity contribution >= 4 is 15.6 Å². The smallest absolute Gasteiger partial charge is 0.303 e. The van der Waals surface area contributed by atoms with Crippen LogP contribution in [0.1, 0.15) is 51.9 Å². The summed E-state index contributed by atoms with van der Waals surface area (Å²) in [4.78, 5) is 34.5. The van der Waals surface area contributed by atoms with E-state index in [9.17, 15) is 9.13 Å². The van der Waals surface area contributed by atoms with Gasteiger partial charge in [0.05, 0.1) is 0 Å². The third kappa shape index (κ3) is 14.4. The lowest BCUT2D eigenvalue weighted by Crippen LogP contribution is -2.14. The lowest BCUT2D eigenvalue weighted by atomic mass is 10.1. The molecule has 0 unspecified atom stereocenters. The van der Waals surface area contributed by atoms with Crippen molar-refractivity contribution in [1.29, 1.82) is 0 Å². The number of phosphoric ester groups is 2. The molecule has 0 amide bonds. The number of hydrogen-bond acceptors (Lipinski definition) is 4. The molecule has 0 atom stereocenters. The van der Waals surface area contributed by atoms with Gasteiger partial charge in [0.15, 0.2) is 6.29 Å². The lowest BCUT2D eigenvalue weighted by Gasteiger charge is -2.18. The van der Waals surface area contributed by atoms with E-state index in [4.69, 9.17) is 19.6 Å². The molecule has 116 valence electrons. The second-order valence-electron chi connectivity index (χ2n) is 4.18. The standard InChI is InChI=1S/C9H22O8P2/c1-2-3-4-5-6-7-8-9(16-18(10,11)12)17-19(13,14)15/h9H,2-8H2,1H3,(H2,10,11,12)(H2,13,14,15). The minimum Gasteiger partial charge on any atom is -0.303 e. The summed E-state index contributed by atoms with van der Waals surface area (Å²) in [5.74, 6) is 0. The Kier molecular flexibility index (Phi) is 9.32. The Labute approximate surface area is 112 Å². The summed E-state index contributed by atoms with van der Waals surface area (Å²) in [5.41, 5.74) is 0. The topological polar surface area (TPSA) is 134 Å². The summed E-state index contributed by atoms with van der Waals surface area (Å²) in [7, 11) is -9.68. The number of phosphoric acid groups is 2. The molecule has 0 heterocycles. The first-order valence-corrected chi connectivity index (χ1v) is 9.18. The highest BCUT2D eigenvalue weighted by Gasteiger charge is 2.28. The lowest BCUT2D eigenvalue weighted by molar-refractivity contribution is -0.0391. The highest BCUT2D eigenvalue weighted by Crippen LogP contribution is 2.45. The van der Waals surface area contributed by atoms with E-state index in [2.05, 4.69) is 16.0 Å². The highest BCUT2D eigenvalue weighted by molar-refractivity contribution is 7.47. The first-order valence-electron chi connectivity index (χ1n) is 6.12. The molecule has 0 aliphatic rings. The van der Waals surface area contributed by atoms with Crippen molar-refractivity contribution in [2.75, 3.05) is 0 Å². The Balaban J connectivity index is 4.06. The predicted octanol–water partition coefficient (Wildman–Crippen LogP) is 2.28. The van der Waals surface area contributed by atoms with E-state index >= 15 is 0 Å². The summed E-state index contributed by atoms with van der Waals surface area (Å²) in [6.45, 7) is 2.08. The number of unbranched alkanes of at least 4 members (excludes halogenated alkanes) is 5. The predicted molar refractivity (Wildman–Crippen MR) is 68.0 cm³/mol. The van der Waals surface area contributed by atoms with Crippen LogP contribution in [-0.4, -0.2) is 25.9 Å². The maximum absolute atomic E-state index is 10.6. The monoisotopic (exact) mass is 320 g/mol. The van der Waals surface area contributed by atoms with Crippen LogP contribution in [0.2, 0.25) is 0 Å². The van der Waals surface area contributed by atoms with Crippen molar-refractivity contribution < 1.29 is 37.8 Å². The Morgan fingerprint density at radius 2 is 1.26 bits per heavy atom. The van der Waals surface area contributed by atoms with Crippen molar-refractivity contribution in [3.63, 3.8) is 0 Å². The second kappa shape index (κ2) is 9.21. The Bertz CT molecular complexity index is 298. The Morgan fingerprint density at radius 3 is 1.68 bits per heavy atom. The minimum atomic E-state index is -4.84. The minimum absolute atomic E-state index is 0.0162. The fraction of sp³-hybridized carbons (Fsp3) is 1.00. The number of rotatable bonds is 11. The summed E-state index contributed by atoms with van der Waals surface area (Å²) < 4.78 is 29.7. The van der Waals surface area contributed by atoms with Crippen molar-refractivity contribution in [1.82, 2.24) is 0 Å². The maximum Gasteiger partial charge on any atom is 0.471 e. The molecule has 19 heavy (non-hydrogen) atoms. The van der Waals surface area contributed by atoms with Gasteiger partial charge < -0.3 is 19.6 Å². The summed E-state index contributed by atoms with van der Waals surface area (Å²) in [6, 6.07) is 0. The molecule has 0 aromatic heterocycles. The van der Waals surface area contributed by atoms with Crippen LogP contribution in [0, 0.1) is 0 Å². The number of hydrogen-bond donors (Lipinski definition) is 4. The van der Waals surface area contributed by atoms with Crippen LogP contribution in [0.15, 0.2) is 0 Å². The van der Waals surface area contributed by atoms with Gasteiger partial charge in [-0.05, 0) is 12.8 Å². The van der Waals surface area contributed by atoms with Crippen LogP contribution in [0.25, 0.3) is 0 Å². The van der Waals surface area contributed by atoms with E-state index in [0.717, 1.165) is 32.1 Å². The van der Waals surface area contributed by atoms with Gasteiger partial charge in [0.2, 0.25) is 0 Å². The van der Waals surface area contributed by atoms with E-state index in [1.54, 1.807) is 0 Å². The highest BCUT2D eigenvalue weighted by atomic mass is 31.2. The largest absolute Gasteiger partial charge is 0.471 e. The van der Waals surface area contributed by atoms with E-state index in [1.807, 2.05) is 0 Å². The van der Waals surface area contributed by atoms with Crippen LogP contribution in [0.5, 0.6) is 0 Å². The molecule has 0 bridgehead atoms. The van der Waals surface area contributed by atoms with Gasteiger partial charge in [-0.25, -0.2) is 9.13 Å². The van der Waals surface area contributed by atoms with Gasteiger partial charge in [-0.15, -0.1) is 0 Å². The zero-order valence-electron chi connectivity index (χ0n) is 10.8. The molecule has 0 saturated carbocycles. The maximum atomic E-state index is 10.6. The fourth-order valence-electron chi connectivity index (χ4n) is 1.52. The third-order valence-electron chi connectivity index (χ3n) is 2.30. The summed E-state index contributed by atoms with van der Waals surface area (Å²) in [5, 5.41) is 0. The Hall–Kier alpha value is 0.220. The fourth-order valence-corrected chi connectivity index (χ4v) is 2.50. The van der Waals surface area contributed by atoms with E-state index in [1.165, 1.54) is 0 Å². The van der Waals surface area contributed by atoms with Crippen LogP contribution in [-0.2, 0) is 18.2 Å². The van der Waals surface area contributed by atoms with Crippen LogP contribution in [0.3, 0.4) is 0 Å². The van der Waals surface area contributed by atoms with E-state index in [0.29, 0.717) is 6.42 Å². The van der Waals surface area contributed by atoms with Crippen LogP contribution >= 0.6 is 15.6 Å². The third-order valence-corrected chi connectivity index (χ3v) is 3.32. The van der Waals surface area contributed by atoms with Gasteiger partial charge in [0.1, 0.15) is 0 Å². The van der Waals surface area contributed by atoms with Crippen molar-refractivity contribution in [2.45, 2.75) is 58.2 Å². The quantitative estimate of drug-likeness (QED) is 0.259. The second-order valence-corrected chi connectivity index (χ2v) is 6.56. The first kappa shape index (κ1) is 19.2. The molecule has 0 rings (SSSR count). The van der Waals surface area contributed by atoms with Gasteiger partial charge in [-0.1, -0.05) is 39.0 Å². The van der Waals surface area contributed by atoms with E-state index in [-0.39, 0.29) is 6.42 Å². The molecule has 0 fully saturated rings. The van der Waals surface area contributed by atoms with E-state index < -0.39 is 21.9 Å². The van der Waals surface area contributed by atoms with Crippen LogP contribution in [0.4, 0.5) is 0 Å². The zero-order valence-corrected chi connectivity index (χ0v) is 12.6. The average Bonchev–Trinajstić information content (AvgIpc) is 2.18. The van der Waals surface area contributed by atoms with Crippen molar-refractivity contribution in [3.8, 4) is 0 Å². The summed E-state index contributed by atoms with van der Waals surface area (Å²) >= 11 is 0.